The number of nitrogens with zero attached hydrogens (tertiary/aromatic N) is 2. The summed E-state index contributed by atoms with van der Waals surface area (Å²) in [5.74, 6) is 8.82. The van der Waals surface area contributed by atoms with Crippen molar-refractivity contribution in [3.8, 4) is 11.8 Å². The van der Waals surface area contributed by atoms with Gasteiger partial charge < -0.3 is 0 Å². The lowest BCUT2D eigenvalue weighted by Crippen LogP contribution is -2.09. The first kappa shape index (κ1) is 15.5. The van der Waals surface area contributed by atoms with E-state index in [1.165, 1.54) is 31.4 Å². The predicted molar refractivity (Wildman–Crippen MR) is 92.5 cm³/mol. The Balaban J connectivity index is 0.00000144. The Morgan fingerprint density at radius 2 is 2.09 bits per heavy atom. The Bertz CT molecular complexity index is 711. The third-order valence-electron chi connectivity index (χ3n) is 4.86. The second kappa shape index (κ2) is 6.40. The second-order valence-electron chi connectivity index (χ2n) is 6.25. The van der Waals surface area contributed by atoms with E-state index in [1.807, 2.05) is 18.5 Å². The van der Waals surface area contributed by atoms with Crippen LogP contribution in [0.25, 0.3) is 0 Å². The zero-order valence-corrected chi connectivity index (χ0v) is 14.2. The minimum absolute atomic E-state index is 0. The van der Waals surface area contributed by atoms with E-state index in [0.717, 1.165) is 28.1 Å². The summed E-state index contributed by atoms with van der Waals surface area (Å²) in [4.78, 5) is 9.03. The molecule has 0 saturated heterocycles. The molecule has 0 spiro atoms. The molecule has 4 heteroatoms. The first-order valence-electron chi connectivity index (χ1n) is 7.68. The smallest absolute Gasteiger partial charge is 0.124 e. The van der Waals surface area contributed by atoms with E-state index in [2.05, 4.69) is 33.9 Å². The van der Waals surface area contributed by atoms with Gasteiger partial charge in [0, 0.05) is 28.8 Å². The lowest BCUT2D eigenvalue weighted by atomic mass is 9.86. The number of pyridine rings is 1. The SMILES string of the molecule is Cc1nc(C#Cc2ccc(C3CC4CCC3C4)nc2)cs1.Cl. The molecule has 2 bridgehead atoms. The highest BCUT2D eigenvalue weighted by Gasteiger charge is 2.40. The molecule has 2 aliphatic rings. The van der Waals surface area contributed by atoms with Crippen molar-refractivity contribution in [2.75, 3.05) is 0 Å². The van der Waals surface area contributed by atoms with E-state index >= 15 is 0 Å². The molecule has 0 aromatic carbocycles. The maximum absolute atomic E-state index is 4.68. The molecular weight excluding hydrogens is 312 g/mol. The molecule has 2 nitrogen and oxygen atoms in total. The Labute approximate surface area is 141 Å². The third kappa shape index (κ3) is 3.04. The summed E-state index contributed by atoms with van der Waals surface area (Å²) in [7, 11) is 0. The topological polar surface area (TPSA) is 25.8 Å². The van der Waals surface area contributed by atoms with Gasteiger partial charge in [-0.05, 0) is 56.1 Å². The van der Waals surface area contributed by atoms with Gasteiger partial charge in [-0.2, -0.15) is 0 Å². The maximum Gasteiger partial charge on any atom is 0.124 e. The Morgan fingerprint density at radius 1 is 1.18 bits per heavy atom. The highest BCUT2D eigenvalue weighted by Crippen LogP contribution is 2.52. The van der Waals surface area contributed by atoms with Crippen LogP contribution in [0, 0.1) is 30.6 Å². The minimum atomic E-state index is 0. The number of halogens is 1. The lowest BCUT2D eigenvalue weighted by molar-refractivity contribution is 0.413. The van der Waals surface area contributed by atoms with Crippen LogP contribution >= 0.6 is 23.7 Å². The molecular formula is C18H19ClN2S. The summed E-state index contributed by atoms with van der Waals surface area (Å²) < 4.78 is 0. The number of aromatic nitrogens is 2. The fourth-order valence-electron chi connectivity index (χ4n) is 3.86. The maximum atomic E-state index is 4.68. The summed E-state index contributed by atoms with van der Waals surface area (Å²) in [6.07, 6.45) is 7.55. The first-order chi connectivity index (χ1) is 10.3. The predicted octanol–water partition coefficient (Wildman–Crippen LogP) is 4.57. The molecule has 2 heterocycles. The van der Waals surface area contributed by atoms with Gasteiger partial charge in [0.25, 0.3) is 0 Å². The van der Waals surface area contributed by atoms with Crippen LogP contribution in [-0.4, -0.2) is 9.97 Å². The summed E-state index contributed by atoms with van der Waals surface area (Å²) in [6.45, 7) is 2.00. The van der Waals surface area contributed by atoms with Crippen molar-refractivity contribution < 1.29 is 0 Å². The highest BCUT2D eigenvalue weighted by atomic mass is 35.5. The highest BCUT2D eigenvalue weighted by molar-refractivity contribution is 7.09. The number of aryl methyl sites for hydroxylation is 1. The molecule has 0 amide bonds. The van der Waals surface area contributed by atoms with Crippen molar-refractivity contribution in [1.29, 1.82) is 0 Å². The average molecular weight is 331 g/mol. The summed E-state index contributed by atoms with van der Waals surface area (Å²) in [6, 6.07) is 4.29. The molecule has 2 saturated carbocycles. The van der Waals surface area contributed by atoms with Crippen molar-refractivity contribution >= 4 is 23.7 Å². The third-order valence-corrected chi connectivity index (χ3v) is 5.63. The standard InChI is InChI=1S/C18H18N2S.ClH/c1-12-20-16(11-21-12)6-3-13-4-7-18(19-10-13)17-9-14-2-5-15(17)8-14;/h4,7,10-11,14-15,17H,2,5,8-9H2,1H3;1H. The van der Waals surface area contributed by atoms with Crippen molar-refractivity contribution in [2.24, 2.45) is 11.8 Å². The van der Waals surface area contributed by atoms with Gasteiger partial charge in [0.2, 0.25) is 0 Å². The average Bonchev–Trinajstić information content (AvgIpc) is 3.22. The quantitative estimate of drug-likeness (QED) is 0.716. The van der Waals surface area contributed by atoms with Crippen molar-refractivity contribution in [3.63, 3.8) is 0 Å². The van der Waals surface area contributed by atoms with Crippen LogP contribution in [0.5, 0.6) is 0 Å². The molecule has 2 aromatic rings. The van der Waals surface area contributed by atoms with Crippen molar-refractivity contribution in [2.45, 2.75) is 38.5 Å². The van der Waals surface area contributed by atoms with Crippen LogP contribution in [0.15, 0.2) is 23.7 Å². The van der Waals surface area contributed by atoms with Gasteiger partial charge in [-0.1, -0.05) is 12.3 Å². The van der Waals surface area contributed by atoms with E-state index in [9.17, 15) is 0 Å². The van der Waals surface area contributed by atoms with Crippen LogP contribution in [0.4, 0.5) is 0 Å². The number of thiazole rings is 1. The van der Waals surface area contributed by atoms with E-state index in [4.69, 9.17) is 0 Å². The minimum Gasteiger partial charge on any atom is -0.260 e. The Morgan fingerprint density at radius 3 is 2.68 bits per heavy atom. The molecule has 114 valence electrons. The summed E-state index contributed by atoms with van der Waals surface area (Å²) in [5, 5.41) is 3.06. The van der Waals surface area contributed by atoms with Gasteiger partial charge in [-0.25, -0.2) is 4.98 Å². The van der Waals surface area contributed by atoms with Gasteiger partial charge in [0.15, 0.2) is 0 Å². The number of hydrogen-bond donors (Lipinski definition) is 0. The molecule has 4 rings (SSSR count). The van der Waals surface area contributed by atoms with Crippen molar-refractivity contribution in [3.05, 3.63) is 45.7 Å². The molecule has 2 fully saturated rings. The normalized spacial score (nSPS) is 25.4. The monoisotopic (exact) mass is 330 g/mol. The van der Waals surface area contributed by atoms with E-state index in [0.29, 0.717) is 5.92 Å². The van der Waals surface area contributed by atoms with Crippen LogP contribution < -0.4 is 0 Å². The van der Waals surface area contributed by atoms with Crippen LogP contribution in [0.3, 0.4) is 0 Å². The Hall–Kier alpha value is -1.37. The fourth-order valence-corrected chi connectivity index (χ4v) is 4.41. The lowest BCUT2D eigenvalue weighted by Gasteiger charge is -2.20. The van der Waals surface area contributed by atoms with Crippen LogP contribution in [0.1, 0.15) is 53.6 Å². The number of rotatable bonds is 1. The van der Waals surface area contributed by atoms with Gasteiger partial charge in [-0.3, -0.25) is 4.98 Å². The first-order valence-corrected chi connectivity index (χ1v) is 8.56. The molecule has 2 aromatic heterocycles. The van der Waals surface area contributed by atoms with Crippen LogP contribution in [-0.2, 0) is 0 Å². The van der Waals surface area contributed by atoms with E-state index < -0.39 is 0 Å². The molecule has 0 aliphatic heterocycles. The fraction of sp³-hybridized carbons (Fsp3) is 0.444. The molecule has 2 aliphatic carbocycles. The molecule has 22 heavy (non-hydrogen) atoms. The molecule has 3 unspecified atom stereocenters. The van der Waals surface area contributed by atoms with E-state index in [1.54, 1.807) is 11.3 Å². The molecule has 0 radical (unpaired) electrons. The number of hydrogen-bond acceptors (Lipinski definition) is 3. The van der Waals surface area contributed by atoms with Crippen molar-refractivity contribution in [1.82, 2.24) is 9.97 Å². The van der Waals surface area contributed by atoms with Gasteiger partial charge >= 0.3 is 0 Å². The van der Waals surface area contributed by atoms with Gasteiger partial charge in [-0.15, -0.1) is 23.7 Å². The van der Waals surface area contributed by atoms with Crippen LogP contribution in [0.2, 0.25) is 0 Å². The molecule has 3 atom stereocenters. The van der Waals surface area contributed by atoms with Gasteiger partial charge in [0.1, 0.15) is 5.69 Å². The second-order valence-corrected chi connectivity index (χ2v) is 7.32. The summed E-state index contributed by atoms with van der Waals surface area (Å²) in [5.41, 5.74) is 3.11. The number of fused-ring (bicyclic) bond motifs is 2. The zero-order chi connectivity index (χ0) is 14.2. The van der Waals surface area contributed by atoms with E-state index in [-0.39, 0.29) is 12.4 Å². The largest absolute Gasteiger partial charge is 0.260 e. The summed E-state index contributed by atoms with van der Waals surface area (Å²) >= 11 is 1.64. The van der Waals surface area contributed by atoms with Gasteiger partial charge in [0.05, 0.1) is 5.01 Å². The molecule has 0 N–H and O–H groups in total. The zero-order valence-electron chi connectivity index (χ0n) is 12.6. The Kier molecular flexibility index (Phi) is 4.52.